The van der Waals surface area contributed by atoms with Crippen LogP contribution < -0.4 is 4.74 Å². The number of carbonyl (C=O) groups is 1. The third-order valence-corrected chi connectivity index (χ3v) is 4.83. The highest BCUT2D eigenvalue weighted by Crippen LogP contribution is 2.25. The second-order valence-corrected chi connectivity index (χ2v) is 6.41. The third-order valence-electron chi connectivity index (χ3n) is 3.75. The Bertz CT molecular complexity index is 777. The Morgan fingerprint density at radius 2 is 2.00 bits per heavy atom. The number of carbonyl (C=O) groups excluding carboxylic acids is 1. The molecule has 0 aromatic heterocycles. The van der Waals surface area contributed by atoms with Crippen molar-refractivity contribution >= 4 is 22.8 Å². The molecule has 130 valence electrons. The zero-order valence-electron chi connectivity index (χ0n) is 13.9. The monoisotopic (exact) mass is 358 g/mol. The summed E-state index contributed by atoms with van der Waals surface area (Å²) in [5, 5.41) is 0.695. The molecule has 1 aliphatic rings. The van der Waals surface area contributed by atoms with Crippen molar-refractivity contribution in [1.29, 1.82) is 0 Å². The number of nitrogens with zero attached hydrogens (tertiary/aromatic N) is 2. The molecule has 0 aliphatic carbocycles. The van der Waals surface area contributed by atoms with Gasteiger partial charge in [-0.3, -0.25) is 14.7 Å². The van der Waals surface area contributed by atoms with Gasteiger partial charge < -0.3 is 4.74 Å². The molecule has 2 aromatic carbocycles. The molecule has 4 nitrogen and oxygen atoms in total. The van der Waals surface area contributed by atoms with E-state index in [2.05, 4.69) is 4.99 Å². The second-order valence-electron chi connectivity index (χ2n) is 5.47. The van der Waals surface area contributed by atoms with E-state index >= 15 is 0 Å². The summed E-state index contributed by atoms with van der Waals surface area (Å²) < 4.78 is 18.6. The molecule has 0 unspecified atom stereocenters. The van der Waals surface area contributed by atoms with Crippen LogP contribution in [-0.2, 0) is 5.75 Å². The summed E-state index contributed by atoms with van der Waals surface area (Å²) in [5.74, 6) is 0.865. The molecule has 25 heavy (non-hydrogen) atoms. The number of thioether (sulfide) groups is 1. The van der Waals surface area contributed by atoms with E-state index in [0.717, 1.165) is 5.56 Å². The van der Waals surface area contributed by atoms with Crippen LogP contribution in [0, 0.1) is 5.82 Å². The Morgan fingerprint density at radius 3 is 2.76 bits per heavy atom. The van der Waals surface area contributed by atoms with E-state index in [-0.39, 0.29) is 11.7 Å². The number of ether oxygens (including phenoxy) is 1. The normalized spacial score (nSPS) is 13.7. The lowest BCUT2D eigenvalue weighted by Crippen LogP contribution is -2.33. The van der Waals surface area contributed by atoms with Gasteiger partial charge in [0, 0.05) is 12.3 Å². The number of hydrogen-bond acceptors (Lipinski definition) is 4. The quantitative estimate of drug-likeness (QED) is 0.812. The van der Waals surface area contributed by atoms with E-state index < -0.39 is 0 Å². The van der Waals surface area contributed by atoms with Crippen LogP contribution in [-0.4, -0.2) is 35.7 Å². The molecule has 0 saturated carbocycles. The van der Waals surface area contributed by atoms with Crippen molar-refractivity contribution < 1.29 is 13.9 Å². The zero-order valence-corrected chi connectivity index (χ0v) is 14.8. The maximum absolute atomic E-state index is 13.0. The van der Waals surface area contributed by atoms with E-state index in [1.165, 1.54) is 23.9 Å². The van der Waals surface area contributed by atoms with Crippen LogP contribution in [0.4, 0.5) is 4.39 Å². The van der Waals surface area contributed by atoms with Crippen molar-refractivity contribution in [2.45, 2.75) is 12.7 Å². The number of benzene rings is 2. The van der Waals surface area contributed by atoms with Gasteiger partial charge >= 0.3 is 0 Å². The Kier molecular flexibility index (Phi) is 5.71. The van der Waals surface area contributed by atoms with Gasteiger partial charge in [0.25, 0.3) is 5.91 Å². The molecular weight excluding hydrogens is 339 g/mol. The molecule has 0 atom stereocenters. The van der Waals surface area contributed by atoms with Gasteiger partial charge in [0.05, 0.1) is 18.7 Å². The fourth-order valence-electron chi connectivity index (χ4n) is 2.54. The van der Waals surface area contributed by atoms with Crippen LogP contribution in [0.3, 0.4) is 0 Å². The Labute approximate surface area is 150 Å². The fourth-order valence-corrected chi connectivity index (χ4v) is 3.54. The Hall–Kier alpha value is -2.34. The first-order valence-electron chi connectivity index (χ1n) is 8.14. The highest BCUT2D eigenvalue weighted by Gasteiger charge is 2.27. The van der Waals surface area contributed by atoms with E-state index in [9.17, 15) is 9.18 Å². The predicted octanol–water partition coefficient (Wildman–Crippen LogP) is 3.97. The minimum Gasteiger partial charge on any atom is -0.493 e. The van der Waals surface area contributed by atoms with Crippen molar-refractivity contribution in [2.75, 3.05) is 19.7 Å². The molecular formula is C19H19FN2O2S. The second kappa shape index (κ2) is 8.16. The smallest absolute Gasteiger partial charge is 0.263 e. The van der Waals surface area contributed by atoms with Gasteiger partial charge in [-0.15, -0.1) is 0 Å². The average molecular weight is 358 g/mol. The molecule has 0 spiro atoms. The van der Waals surface area contributed by atoms with E-state index in [4.69, 9.17) is 4.74 Å². The predicted molar refractivity (Wildman–Crippen MR) is 98.6 cm³/mol. The average Bonchev–Trinajstić information content (AvgIpc) is 3.10. The van der Waals surface area contributed by atoms with Crippen molar-refractivity contribution in [3.05, 3.63) is 65.5 Å². The van der Waals surface area contributed by atoms with Gasteiger partial charge in [-0.2, -0.15) is 0 Å². The first-order valence-corrected chi connectivity index (χ1v) is 9.13. The molecule has 0 saturated heterocycles. The Morgan fingerprint density at radius 1 is 1.24 bits per heavy atom. The molecule has 2 aromatic rings. The van der Waals surface area contributed by atoms with Gasteiger partial charge in [-0.1, -0.05) is 36.0 Å². The van der Waals surface area contributed by atoms with Crippen LogP contribution in [0.2, 0.25) is 0 Å². The molecule has 0 bridgehead atoms. The summed E-state index contributed by atoms with van der Waals surface area (Å²) in [6, 6.07) is 13.6. The molecule has 3 rings (SSSR count). The molecule has 1 amide bonds. The largest absolute Gasteiger partial charge is 0.493 e. The lowest BCUT2D eigenvalue weighted by Gasteiger charge is -2.19. The summed E-state index contributed by atoms with van der Waals surface area (Å²) in [5.41, 5.74) is 1.53. The topological polar surface area (TPSA) is 41.9 Å². The number of aliphatic imine (C=N–C) groups is 1. The molecule has 6 heteroatoms. The van der Waals surface area contributed by atoms with E-state index in [1.807, 2.05) is 19.1 Å². The summed E-state index contributed by atoms with van der Waals surface area (Å²) in [6.07, 6.45) is 0. The Balaban J connectivity index is 1.70. The molecule has 0 N–H and O–H groups in total. The highest BCUT2D eigenvalue weighted by atomic mass is 32.2. The number of amides is 1. The first-order chi connectivity index (χ1) is 12.2. The number of rotatable bonds is 5. The van der Waals surface area contributed by atoms with Crippen LogP contribution in [0.25, 0.3) is 0 Å². The van der Waals surface area contributed by atoms with Crippen LogP contribution >= 0.6 is 11.8 Å². The summed E-state index contributed by atoms with van der Waals surface area (Å²) >= 11 is 1.49. The van der Waals surface area contributed by atoms with Gasteiger partial charge in [0.2, 0.25) is 0 Å². The first kappa shape index (κ1) is 17.5. The molecule has 1 aliphatic heterocycles. The molecule has 0 fully saturated rings. The highest BCUT2D eigenvalue weighted by molar-refractivity contribution is 8.13. The van der Waals surface area contributed by atoms with Crippen molar-refractivity contribution in [2.24, 2.45) is 4.99 Å². The number of amidine groups is 1. The number of para-hydroxylation sites is 1. The standard InChI is InChI=1S/C19H19FN2O2S/c1-2-24-17-6-4-3-5-16(17)18(23)22-12-11-21-19(22)25-13-14-7-9-15(20)10-8-14/h3-10H,2,11-13H2,1H3. The van der Waals surface area contributed by atoms with Gasteiger partial charge in [0.1, 0.15) is 11.6 Å². The lowest BCUT2D eigenvalue weighted by atomic mass is 10.2. The summed E-state index contributed by atoms with van der Waals surface area (Å²) in [6.45, 7) is 3.55. The van der Waals surface area contributed by atoms with Crippen molar-refractivity contribution in [3.63, 3.8) is 0 Å². The van der Waals surface area contributed by atoms with Crippen LogP contribution in [0.5, 0.6) is 5.75 Å². The van der Waals surface area contributed by atoms with E-state index in [1.54, 1.807) is 29.2 Å². The van der Waals surface area contributed by atoms with Crippen molar-refractivity contribution in [3.8, 4) is 5.75 Å². The molecule has 1 heterocycles. The minimum atomic E-state index is -0.253. The van der Waals surface area contributed by atoms with Crippen LogP contribution in [0.15, 0.2) is 53.5 Å². The number of hydrogen-bond donors (Lipinski definition) is 0. The summed E-state index contributed by atoms with van der Waals surface area (Å²) in [4.78, 5) is 19.0. The van der Waals surface area contributed by atoms with Crippen LogP contribution in [0.1, 0.15) is 22.8 Å². The number of halogens is 1. The summed E-state index contributed by atoms with van der Waals surface area (Å²) in [7, 11) is 0. The maximum atomic E-state index is 13.0. The molecule has 0 radical (unpaired) electrons. The maximum Gasteiger partial charge on any atom is 0.263 e. The lowest BCUT2D eigenvalue weighted by molar-refractivity contribution is 0.0856. The van der Waals surface area contributed by atoms with Gasteiger partial charge in [-0.25, -0.2) is 4.39 Å². The van der Waals surface area contributed by atoms with E-state index in [0.29, 0.717) is 41.9 Å². The zero-order chi connectivity index (χ0) is 17.6. The van der Waals surface area contributed by atoms with Gasteiger partial charge in [0.15, 0.2) is 5.17 Å². The fraction of sp³-hybridized carbons (Fsp3) is 0.263. The minimum absolute atomic E-state index is 0.105. The van der Waals surface area contributed by atoms with Gasteiger partial charge in [-0.05, 0) is 36.8 Å². The third kappa shape index (κ3) is 4.20. The SMILES string of the molecule is CCOc1ccccc1C(=O)N1CCN=C1SCc1ccc(F)cc1. The van der Waals surface area contributed by atoms with Crippen molar-refractivity contribution in [1.82, 2.24) is 4.90 Å².